The molecule has 3 amide bonds. The van der Waals surface area contributed by atoms with E-state index in [0.717, 1.165) is 31.4 Å². The lowest BCUT2D eigenvalue weighted by Gasteiger charge is -2.12. The Balaban J connectivity index is 1.48. The van der Waals surface area contributed by atoms with Crippen molar-refractivity contribution in [3.05, 3.63) is 60.4 Å². The average Bonchev–Trinajstić information content (AvgIpc) is 3.43. The van der Waals surface area contributed by atoms with E-state index in [4.69, 9.17) is 0 Å². The number of halogens is 1. The quantitative estimate of drug-likeness (QED) is 0.568. The van der Waals surface area contributed by atoms with Crippen molar-refractivity contribution in [2.75, 3.05) is 5.75 Å². The topological polar surface area (TPSA) is 88.9 Å². The molecule has 7 nitrogen and oxygen atoms in total. The minimum atomic E-state index is -0.464. The third-order valence-corrected chi connectivity index (χ3v) is 5.95. The predicted molar refractivity (Wildman–Crippen MR) is 116 cm³/mol. The van der Waals surface area contributed by atoms with Crippen LogP contribution in [0.25, 0.3) is 17.1 Å². The molecule has 1 fully saturated rings. The van der Waals surface area contributed by atoms with Crippen LogP contribution in [0.3, 0.4) is 0 Å². The van der Waals surface area contributed by atoms with Gasteiger partial charge in [0, 0.05) is 17.3 Å². The smallest absolute Gasteiger partial charge is 0.321 e. The second-order valence-electron chi connectivity index (χ2n) is 7.28. The molecule has 0 saturated heterocycles. The maximum atomic E-state index is 13.3. The standard InChI is InChI=1S/C22H22FN5O2S/c23-16-12-10-15(11-13-16)20-26-27-22(28(20)18-8-2-1-3-9-18)31-14-19(29)25-21(30)24-17-6-4-5-7-17/h1-3,8-13,17H,4-7,14H2,(H2,24,25,29,30). The van der Waals surface area contributed by atoms with Crippen LogP contribution < -0.4 is 10.6 Å². The molecule has 0 radical (unpaired) electrons. The van der Waals surface area contributed by atoms with Crippen LogP contribution in [-0.4, -0.2) is 38.5 Å². The molecule has 9 heteroatoms. The maximum absolute atomic E-state index is 13.3. The minimum absolute atomic E-state index is 0.00642. The van der Waals surface area contributed by atoms with Crippen molar-refractivity contribution in [3.63, 3.8) is 0 Å². The van der Waals surface area contributed by atoms with Crippen LogP contribution in [-0.2, 0) is 4.79 Å². The van der Waals surface area contributed by atoms with Gasteiger partial charge in [0.15, 0.2) is 11.0 Å². The Morgan fingerprint density at radius 1 is 1.03 bits per heavy atom. The van der Waals surface area contributed by atoms with Gasteiger partial charge in [-0.1, -0.05) is 42.8 Å². The molecule has 1 aliphatic rings. The van der Waals surface area contributed by atoms with Crippen LogP contribution in [0, 0.1) is 5.82 Å². The zero-order valence-corrected chi connectivity index (χ0v) is 17.6. The van der Waals surface area contributed by atoms with Crippen LogP contribution in [0.1, 0.15) is 25.7 Å². The Morgan fingerprint density at radius 3 is 2.45 bits per heavy atom. The SMILES string of the molecule is O=C(CSc1nnc(-c2ccc(F)cc2)n1-c1ccccc1)NC(=O)NC1CCCC1. The summed E-state index contributed by atoms with van der Waals surface area (Å²) in [5.41, 5.74) is 1.51. The number of imide groups is 1. The summed E-state index contributed by atoms with van der Waals surface area (Å²) >= 11 is 1.18. The Hall–Kier alpha value is -3.20. The highest BCUT2D eigenvalue weighted by Gasteiger charge is 2.20. The van der Waals surface area contributed by atoms with Gasteiger partial charge in [-0.2, -0.15) is 0 Å². The van der Waals surface area contributed by atoms with E-state index >= 15 is 0 Å². The molecule has 0 unspecified atom stereocenters. The summed E-state index contributed by atoms with van der Waals surface area (Å²) in [5.74, 6) is -0.205. The van der Waals surface area contributed by atoms with Gasteiger partial charge < -0.3 is 5.32 Å². The number of rotatable bonds is 6. The first-order chi connectivity index (χ1) is 15.1. The first kappa shape index (κ1) is 21.0. The molecule has 0 bridgehead atoms. The highest BCUT2D eigenvalue weighted by Crippen LogP contribution is 2.28. The fourth-order valence-electron chi connectivity index (χ4n) is 3.54. The molecule has 1 saturated carbocycles. The molecule has 1 aromatic heterocycles. The molecule has 2 N–H and O–H groups in total. The van der Waals surface area contributed by atoms with Gasteiger partial charge in [-0.05, 0) is 49.2 Å². The van der Waals surface area contributed by atoms with Crippen LogP contribution >= 0.6 is 11.8 Å². The normalized spacial score (nSPS) is 13.8. The number of thioether (sulfide) groups is 1. The van der Waals surface area contributed by atoms with Crippen molar-refractivity contribution >= 4 is 23.7 Å². The molecule has 1 aliphatic carbocycles. The van der Waals surface area contributed by atoms with Gasteiger partial charge in [-0.3, -0.25) is 14.7 Å². The second kappa shape index (κ2) is 9.74. The second-order valence-corrected chi connectivity index (χ2v) is 8.22. The molecule has 160 valence electrons. The molecule has 2 aromatic carbocycles. The molecular weight excluding hydrogens is 417 g/mol. The Kier molecular flexibility index (Phi) is 6.61. The van der Waals surface area contributed by atoms with Crippen LogP contribution in [0.2, 0.25) is 0 Å². The van der Waals surface area contributed by atoms with Gasteiger partial charge in [0.25, 0.3) is 0 Å². The van der Waals surface area contributed by atoms with Gasteiger partial charge >= 0.3 is 6.03 Å². The summed E-state index contributed by atoms with van der Waals surface area (Å²) in [7, 11) is 0. The van der Waals surface area contributed by atoms with Gasteiger partial charge in [0.2, 0.25) is 5.91 Å². The van der Waals surface area contributed by atoms with E-state index < -0.39 is 11.9 Å². The zero-order chi connectivity index (χ0) is 21.6. The fraction of sp³-hybridized carbons (Fsp3) is 0.273. The van der Waals surface area contributed by atoms with E-state index in [2.05, 4.69) is 20.8 Å². The molecular formula is C22H22FN5O2S. The third kappa shape index (κ3) is 5.29. The summed E-state index contributed by atoms with van der Waals surface area (Å²) in [5, 5.41) is 14.2. The number of carbonyl (C=O) groups excluding carboxylic acids is 2. The van der Waals surface area contributed by atoms with Crippen molar-refractivity contribution in [1.82, 2.24) is 25.4 Å². The Bertz CT molecular complexity index is 1050. The number of nitrogens with zero attached hydrogens (tertiary/aromatic N) is 3. The number of aromatic nitrogens is 3. The number of amides is 3. The average molecular weight is 440 g/mol. The predicted octanol–water partition coefficient (Wildman–Crippen LogP) is 3.93. The molecule has 1 heterocycles. The highest BCUT2D eigenvalue weighted by atomic mass is 32.2. The number of urea groups is 1. The summed E-state index contributed by atoms with van der Waals surface area (Å²) in [4.78, 5) is 24.3. The van der Waals surface area contributed by atoms with Crippen LogP contribution in [0.4, 0.5) is 9.18 Å². The van der Waals surface area contributed by atoms with E-state index in [1.54, 1.807) is 12.1 Å². The van der Waals surface area contributed by atoms with Gasteiger partial charge in [0.1, 0.15) is 5.82 Å². The third-order valence-electron chi connectivity index (χ3n) is 5.03. The van der Waals surface area contributed by atoms with E-state index in [-0.39, 0.29) is 17.6 Å². The van der Waals surface area contributed by atoms with Gasteiger partial charge in [-0.15, -0.1) is 10.2 Å². The number of hydrogen-bond donors (Lipinski definition) is 2. The van der Waals surface area contributed by atoms with Crippen molar-refractivity contribution in [1.29, 1.82) is 0 Å². The number of carbonyl (C=O) groups is 2. The molecule has 4 rings (SSSR count). The molecule has 3 aromatic rings. The molecule has 0 aliphatic heterocycles. The lowest BCUT2D eigenvalue weighted by Crippen LogP contribution is -2.44. The van der Waals surface area contributed by atoms with Crippen molar-refractivity contribution in [2.24, 2.45) is 0 Å². The van der Waals surface area contributed by atoms with E-state index in [1.807, 2.05) is 34.9 Å². The Morgan fingerprint density at radius 2 is 1.74 bits per heavy atom. The number of para-hydroxylation sites is 1. The first-order valence-corrected chi connectivity index (χ1v) is 11.1. The number of benzene rings is 2. The first-order valence-electron chi connectivity index (χ1n) is 10.1. The minimum Gasteiger partial charge on any atom is -0.335 e. The van der Waals surface area contributed by atoms with Crippen molar-refractivity contribution in [3.8, 4) is 17.1 Å². The largest absolute Gasteiger partial charge is 0.335 e. The Labute approximate surface area is 183 Å². The van der Waals surface area contributed by atoms with Crippen molar-refractivity contribution in [2.45, 2.75) is 36.9 Å². The lowest BCUT2D eigenvalue weighted by molar-refractivity contribution is -0.117. The van der Waals surface area contributed by atoms with Gasteiger partial charge in [-0.25, -0.2) is 9.18 Å². The van der Waals surface area contributed by atoms with Crippen LogP contribution in [0.15, 0.2) is 59.8 Å². The summed E-state index contributed by atoms with van der Waals surface area (Å²) < 4.78 is 15.2. The fourth-order valence-corrected chi connectivity index (χ4v) is 4.30. The summed E-state index contributed by atoms with van der Waals surface area (Å²) in [6.07, 6.45) is 4.09. The number of nitrogens with one attached hydrogen (secondary N) is 2. The van der Waals surface area contributed by atoms with E-state index in [1.165, 1.54) is 23.9 Å². The van der Waals surface area contributed by atoms with Crippen molar-refractivity contribution < 1.29 is 14.0 Å². The summed E-state index contributed by atoms with van der Waals surface area (Å²) in [6, 6.07) is 15.1. The lowest BCUT2D eigenvalue weighted by atomic mass is 10.2. The summed E-state index contributed by atoms with van der Waals surface area (Å²) in [6.45, 7) is 0. The molecule has 0 spiro atoms. The van der Waals surface area contributed by atoms with Crippen LogP contribution in [0.5, 0.6) is 0 Å². The van der Waals surface area contributed by atoms with Gasteiger partial charge in [0.05, 0.1) is 5.75 Å². The molecule has 0 atom stereocenters. The van der Waals surface area contributed by atoms with E-state index in [9.17, 15) is 14.0 Å². The maximum Gasteiger partial charge on any atom is 0.321 e. The highest BCUT2D eigenvalue weighted by molar-refractivity contribution is 7.99. The number of hydrogen-bond acceptors (Lipinski definition) is 5. The van der Waals surface area contributed by atoms with E-state index in [0.29, 0.717) is 16.5 Å². The zero-order valence-electron chi connectivity index (χ0n) is 16.8. The molecule has 31 heavy (non-hydrogen) atoms. The monoisotopic (exact) mass is 439 g/mol.